The molecule has 0 fully saturated rings. The normalized spacial score (nSPS) is 11.8. The molecule has 2 rings (SSSR count). The van der Waals surface area contributed by atoms with Gasteiger partial charge in [0.15, 0.2) is 5.69 Å². The molecule has 1 N–H and O–H groups in total. The highest BCUT2D eigenvalue weighted by Crippen LogP contribution is 2.16. The van der Waals surface area contributed by atoms with E-state index in [9.17, 15) is 9.59 Å². The number of benzene rings is 1. The predicted molar refractivity (Wildman–Crippen MR) is 92.7 cm³/mol. The Morgan fingerprint density at radius 2 is 1.88 bits per heavy atom. The van der Waals surface area contributed by atoms with Crippen molar-refractivity contribution in [1.82, 2.24) is 19.9 Å². The van der Waals surface area contributed by atoms with Crippen LogP contribution in [0.4, 0.5) is 0 Å². The Bertz CT molecular complexity index is 772. The lowest BCUT2D eigenvalue weighted by Crippen LogP contribution is -2.40. The molecule has 0 aliphatic heterocycles. The van der Waals surface area contributed by atoms with Crippen LogP contribution in [0.15, 0.2) is 24.3 Å². The first kappa shape index (κ1) is 19.4. The number of nitrogens with zero attached hydrogens (tertiary/aromatic N) is 4. The summed E-state index contributed by atoms with van der Waals surface area (Å²) in [6, 6.07) is 6.10. The van der Waals surface area contributed by atoms with Crippen molar-refractivity contribution < 1.29 is 24.2 Å². The van der Waals surface area contributed by atoms with Gasteiger partial charge in [0.05, 0.1) is 18.0 Å². The Labute approximate surface area is 151 Å². The summed E-state index contributed by atoms with van der Waals surface area (Å²) in [5.74, 6) is -0.904. The third-order valence-corrected chi connectivity index (χ3v) is 3.87. The van der Waals surface area contributed by atoms with Gasteiger partial charge in [0.25, 0.3) is 5.91 Å². The van der Waals surface area contributed by atoms with E-state index in [4.69, 9.17) is 14.6 Å². The van der Waals surface area contributed by atoms with Crippen LogP contribution in [0.3, 0.4) is 0 Å². The van der Waals surface area contributed by atoms with Crippen LogP contribution < -0.4 is 4.74 Å². The van der Waals surface area contributed by atoms with Crippen molar-refractivity contribution in [2.24, 2.45) is 0 Å². The number of carboxylic acid groups (broad SMARTS) is 1. The number of hydrogen-bond acceptors (Lipinski definition) is 6. The first-order valence-electron chi connectivity index (χ1n) is 8.01. The third-order valence-electron chi connectivity index (χ3n) is 3.87. The van der Waals surface area contributed by atoms with E-state index < -0.39 is 17.9 Å². The number of carbonyl (C=O) groups excluding carboxylic acids is 1. The van der Waals surface area contributed by atoms with E-state index in [-0.39, 0.29) is 5.69 Å². The molecule has 1 heterocycles. The number of hydrogen-bond donors (Lipinski definition) is 1. The first-order chi connectivity index (χ1) is 12.3. The van der Waals surface area contributed by atoms with Gasteiger partial charge in [-0.25, -0.2) is 4.79 Å². The standard InChI is InChI=1S/C17H22N4O5/c1-11-15(16(22)20(3)12(2)17(23)24)19-21(18-11)13-5-7-14(8-6-13)26-10-9-25-4/h5-8,12H,9-10H2,1-4H3,(H,23,24). The fourth-order valence-electron chi connectivity index (χ4n) is 2.12. The molecule has 0 aliphatic rings. The van der Waals surface area contributed by atoms with Gasteiger partial charge in [0.2, 0.25) is 0 Å². The van der Waals surface area contributed by atoms with E-state index >= 15 is 0 Å². The highest BCUT2D eigenvalue weighted by molar-refractivity contribution is 5.95. The largest absolute Gasteiger partial charge is 0.491 e. The first-order valence-corrected chi connectivity index (χ1v) is 8.01. The molecule has 1 unspecified atom stereocenters. The molecule has 2 aromatic rings. The average molecular weight is 362 g/mol. The molecule has 0 radical (unpaired) electrons. The van der Waals surface area contributed by atoms with E-state index in [0.29, 0.717) is 30.3 Å². The zero-order chi connectivity index (χ0) is 19.3. The van der Waals surface area contributed by atoms with Gasteiger partial charge in [0.1, 0.15) is 18.4 Å². The minimum Gasteiger partial charge on any atom is -0.491 e. The smallest absolute Gasteiger partial charge is 0.326 e. The Morgan fingerprint density at radius 1 is 1.23 bits per heavy atom. The van der Waals surface area contributed by atoms with Crippen LogP contribution in [0.25, 0.3) is 5.69 Å². The topological polar surface area (TPSA) is 107 Å². The molecule has 0 spiro atoms. The van der Waals surface area contributed by atoms with Gasteiger partial charge >= 0.3 is 5.97 Å². The van der Waals surface area contributed by atoms with Crippen LogP contribution in [0.5, 0.6) is 5.75 Å². The molecular weight excluding hydrogens is 340 g/mol. The molecule has 1 atom stereocenters. The maximum absolute atomic E-state index is 12.5. The van der Waals surface area contributed by atoms with E-state index in [1.807, 2.05) is 0 Å². The highest BCUT2D eigenvalue weighted by atomic mass is 16.5. The lowest BCUT2D eigenvalue weighted by Gasteiger charge is -2.20. The average Bonchev–Trinajstić information content (AvgIpc) is 3.02. The second kappa shape index (κ2) is 8.43. The summed E-state index contributed by atoms with van der Waals surface area (Å²) in [6.07, 6.45) is 0. The third kappa shape index (κ3) is 4.37. The van der Waals surface area contributed by atoms with Crippen molar-refractivity contribution in [2.75, 3.05) is 27.4 Å². The molecule has 0 saturated heterocycles. The summed E-state index contributed by atoms with van der Waals surface area (Å²) in [5, 5.41) is 17.5. The van der Waals surface area contributed by atoms with E-state index in [2.05, 4.69) is 10.2 Å². The van der Waals surface area contributed by atoms with Crippen LogP contribution >= 0.6 is 0 Å². The number of amides is 1. The second-order valence-corrected chi connectivity index (χ2v) is 5.69. The molecule has 1 aromatic heterocycles. The minimum absolute atomic E-state index is 0.112. The second-order valence-electron chi connectivity index (χ2n) is 5.69. The molecule has 26 heavy (non-hydrogen) atoms. The molecule has 140 valence electrons. The summed E-state index contributed by atoms with van der Waals surface area (Å²) in [4.78, 5) is 26.0. The zero-order valence-electron chi connectivity index (χ0n) is 15.2. The van der Waals surface area contributed by atoms with Crippen molar-refractivity contribution in [1.29, 1.82) is 0 Å². The van der Waals surface area contributed by atoms with Gasteiger partial charge in [-0.3, -0.25) is 4.79 Å². The van der Waals surface area contributed by atoms with Crippen molar-refractivity contribution in [3.8, 4) is 11.4 Å². The van der Waals surface area contributed by atoms with Crippen LogP contribution in [-0.2, 0) is 9.53 Å². The number of ether oxygens (including phenoxy) is 2. The minimum atomic E-state index is -1.09. The molecular formula is C17H22N4O5. The molecule has 1 aromatic carbocycles. The van der Waals surface area contributed by atoms with Gasteiger partial charge in [-0.05, 0) is 38.1 Å². The van der Waals surface area contributed by atoms with Crippen molar-refractivity contribution in [3.63, 3.8) is 0 Å². The molecule has 1 amide bonds. The molecule has 0 saturated carbocycles. The molecule has 0 bridgehead atoms. The maximum Gasteiger partial charge on any atom is 0.326 e. The number of rotatable bonds is 8. The Morgan fingerprint density at radius 3 is 2.46 bits per heavy atom. The van der Waals surface area contributed by atoms with Gasteiger partial charge < -0.3 is 19.5 Å². The van der Waals surface area contributed by atoms with Gasteiger partial charge in [-0.2, -0.15) is 9.90 Å². The van der Waals surface area contributed by atoms with E-state index in [1.54, 1.807) is 38.3 Å². The Kier molecular flexibility index (Phi) is 6.29. The van der Waals surface area contributed by atoms with Crippen LogP contribution in [0.1, 0.15) is 23.1 Å². The van der Waals surface area contributed by atoms with Crippen molar-refractivity contribution >= 4 is 11.9 Å². The quantitative estimate of drug-likeness (QED) is 0.702. The summed E-state index contributed by atoms with van der Waals surface area (Å²) < 4.78 is 10.4. The van der Waals surface area contributed by atoms with Gasteiger partial charge in [-0.15, -0.1) is 5.10 Å². The molecule has 9 nitrogen and oxygen atoms in total. The Balaban J connectivity index is 2.16. The fraction of sp³-hybridized carbons (Fsp3) is 0.412. The molecule has 9 heteroatoms. The zero-order valence-corrected chi connectivity index (χ0v) is 15.2. The molecule has 0 aliphatic carbocycles. The highest BCUT2D eigenvalue weighted by Gasteiger charge is 2.26. The summed E-state index contributed by atoms with van der Waals surface area (Å²) in [6.45, 7) is 4.03. The SMILES string of the molecule is COCCOc1ccc(-n2nc(C)c(C(=O)N(C)C(C)C(=O)O)n2)cc1. The van der Waals surface area contributed by atoms with E-state index in [1.165, 1.54) is 18.8 Å². The van der Waals surface area contributed by atoms with Crippen molar-refractivity contribution in [3.05, 3.63) is 35.7 Å². The number of aromatic nitrogens is 3. The number of carbonyl (C=O) groups is 2. The van der Waals surface area contributed by atoms with Gasteiger partial charge in [0, 0.05) is 14.2 Å². The maximum atomic E-state index is 12.5. The summed E-state index contributed by atoms with van der Waals surface area (Å²) >= 11 is 0. The van der Waals surface area contributed by atoms with Crippen LogP contribution in [0, 0.1) is 6.92 Å². The lowest BCUT2D eigenvalue weighted by molar-refractivity contribution is -0.141. The van der Waals surface area contributed by atoms with Gasteiger partial charge in [-0.1, -0.05) is 0 Å². The fourth-order valence-corrected chi connectivity index (χ4v) is 2.12. The van der Waals surface area contributed by atoms with Crippen LogP contribution in [-0.4, -0.2) is 70.3 Å². The predicted octanol–water partition coefficient (Wildman–Crippen LogP) is 1.15. The number of likely N-dealkylation sites (N-methyl/N-ethyl adjacent to an activating group) is 1. The summed E-state index contributed by atoms with van der Waals surface area (Å²) in [5.41, 5.74) is 1.18. The lowest BCUT2D eigenvalue weighted by atomic mass is 10.2. The monoisotopic (exact) mass is 362 g/mol. The van der Waals surface area contributed by atoms with Crippen molar-refractivity contribution in [2.45, 2.75) is 19.9 Å². The number of aliphatic carboxylic acids is 1. The Hall–Kier alpha value is -2.94. The number of methoxy groups -OCH3 is 1. The van der Waals surface area contributed by atoms with Crippen LogP contribution in [0.2, 0.25) is 0 Å². The number of carboxylic acids is 1. The number of aryl methyl sites for hydroxylation is 1. The summed E-state index contributed by atoms with van der Waals surface area (Å²) in [7, 11) is 3.03. The van der Waals surface area contributed by atoms with E-state index in [0.717, 1.165) is 4.90 Å².